The van der Waals surface area contributed by atoms with Crippen molar-refractivity contribution in [3.05, 3.63) is 40.6 Å². The second-order valence-corrected chi connectivity index (χ2v) is 6.66. The maximum Gasteiger partial charge on any atom is 0.355 e. The van der Waals surface area contributed by atoms with Crippen molar-refractivity contribution in [3.63, 3.8) is 0 Å². The van der Waals surface area contributed by atoms with E-state index in [1.54, 1.807) is 21.0 Å². The molecule has 1 unspecified atom stereocenters. The zero-order valence-corrected chi connectivity index (χ0v) is 14.1. The number of fused-ring (bicyclic) bond motifs is 1. The Morgan fingerprint density at radius 3 is 2.46 bits per heavy atom. The molecular weight excluding hydrogens is 333 g/mol. The van der Waals surface area contributed by atoms with E-state index in [1.165, 1.54) is 29.2 Å². The summed E-state index contributed by atoms with van der Waals surface area (Å²) in [4.78, 5) is 44.0. The average Bonchev–Trinajstić information content (AvgIpc) is 2.85. The van der Waals surface area contributed by atoms with Gasteiger partial charge in [-0.2, -0.15) is 4.99 Å². The molecule has 2 heterocycles. The standard InChI is InChI=1S/C16H14FN3O3S/c1-8-11-13(24-12(8)15(22)19(2)3)18-16(23)20(14(11)21)10-6-4-9(17)5-7-10/h4-7,11H,1-3H3. The molecule has 4 amide bonds. The first-order valence-electron chi connectivity index (χ1n) is 7.13. The molecule has 1 aromatic carbocycles. The van der Waals surface area contributed by atoms with Gasteiger partial charge in [-0.3, -0.25) is 9.59 Å². The van der Waals surface area contributed by atoms with Crippen LogP contribution >= 0.6 is 11.8 Å². The lowest BCUT2D eigenvalue weighted by Crippen LogP contribution is -2.45. The molecule has 0 aliphatic carbocycles. The number of hydrogen-bond donors (Lipinski definition) is 0. The van der Waals surface area contributed by atoms with Crippen LogP contribution in [0.3, 0.4) is 0 Å². The van der Waals surface area contributed by atoms with Gasteiger partial charge in [0.1, 0.15) is 16.8 Å². The van der Waals surface area contributed by atoms with Crippen molar-refractivity contribution in [3.8, 4) is 0 Å². The Bertz CT molecular complexity index is 814. The van der Waals surface area contributed by atoms with E-state index in [9.17, 15) is 18.8 Å². The molecule has 24 heavy (non-hydrogen) atoms. The number of amides is 4. The van der Waals surface area contributed by atoms with E-state index in [4.69, 9.17) is 0 Å². The maximum atomic E-state index is 13.1. The van der Waals surface area contributed by atoms with Gasteiger partial charge in [-0.15, -0.1) is 0 Å². The Morgan fingerprint density at radius 1 is 1.25 bits per heavy atom. The van der Waals surface area contributed by atoms with Crippen LogP contribution in [0.2, 0.25) is 0 Å². The number of likely N-dealkylation sites (N-methyl/N-ethyl adjacent to an activating group) is 1. The Labute approximate surface area is 142 Å². The average molecular weight is 347 g/mol. The molecule has 0 aromatic heterocycles. The Morgan fingerprint density at radius 2 is 1.88 bits per heavy atom. The monoisotopic (exact) mass is 347 g/mol. The van der Waals surface area contributed by atoms with Crippen LogP contribution in [0.5, 0.6) is 0 Å². The molecule has 1 atom stereocenters. The quantitative estimate of drug-likeness (QED) is 0.824. The zero-order valence-electron chi connectivity index (χ0n) is 13.2. The number of imide groups is 1. The molecule has 0 radical (unpaired) electrons. The molecule has 0 spiro atoms. The highest BCUT2D eigenvalue weighted by molar-refractivity contribution is 8.18. The minimum absolute atomic E-state index is 0.233. The summed E-state index contributed by atoms with van der Waals surface area (Å²) >= 11 is 1.06. The van der Waals surface area contributed by atoms with Gasteiger partial charge in [0.25, 0.3) is 5.91 Å². The summed E-state index contributed by atoms with van der Waals surface area (Å²) in [5.41, 5.74) is 0.821. The van der Waals surface area contributed by atoms with Gasteiger partial charge in [-0.05, 0) is 36.8 Å². The summed E-state index contributed by atoms with van der Waals surface area (Å²) in [5.74, 6) is -1.94. The SMILES string of the molecule is CC1=C(C(=O)N(C)C)SC2=NC(=O)N(c3ccc(F)cc3)C(=O)C21. The summed E-state index contributed by atoms with van der Waals surface area (Å²) in [6.45, 7) is 1.69. The van der Waals surface area contributed by atoms with Gasteiger partial charge in [-0.1, -0.05) is 11.8 Å². The molecular formula is C16H14FN3O3S. The predicted molar refractivity (Wildman–Crippen MR) is 89.2 cm³/mol. The van der Waals surface area contributed by atoms with Crippen LogP contribution in [0.25, 0.3) is 0 Å². The number of thioether (sulfide) groups is 1. The first-order valence-corrected chi connectivity index (χ1v) is 7.95. The minimum atomic E-state index is -0.753. The lowest BCUT2D eigenvalue weighted by molar-refractivity contribution is -0.124. The zero-order chi connectivity index (χ0) is 17.6. The van der Waals surface area contributed by atoms with Crippen molar-refractivity contribution >= 4 is 40.3 Å². The first kappa shape index (κ1) is 16.4. The molecule has 8 heteroatoms. The molecule has 0 saturated carbocycles. The normalized spacial score (nSPS) is 20.2. The summed E-state index contributed by atoms with van der Waals surface area (Å²) in [6, 6.07) is 4.29. The fourth-order valence-corrected chi connectivity index (χ4v) is 3.83. The molecule has 0 N–H and O–H groups in total. The van der Waals surface area contributed by atoms with E-state index in [1.807, 2.05) is 0 Å². The van der Waals surface area contributed by atoms with Crippen molar-refractivity contribution in [2.75, 3.05) is 19.0 Å². The Balaban J connectivity index is 2.01. The molecule has 6 nitrogen and oxygen atoms in total. The summed E-state index contributed by atoms with van der Waals surface area (Å²) in [6.07, 6.45) is 0. The third kappa shape index (κ3) is 2.52. The van der Waals surface area contributed by atoms with Gasteiger partial charge in [0.2, 0.25) is 5.91 Å². The molecule has 0 fully saturated rings. The number of benzene rings is 1. The summed E-state index contributed by atoms with van der Waals surface area (Å²) < 4.78 is 13.1. The van der Waals surface area contributed by atoms with Crippen LogP contribution in [0.4, 0.5) is 14.9 Å². The van der Waals surface area contributed by atoms with E-state index in [-0.39, 0.29) is 11.6 Å². The van der Waals surface area contributed by atoms with Crippen molar-refractivity contribution in [1.82, 2.24) is 4.90 Å². The largest absolute Gasteiger partial charge is 0.355 e. The third-order valence-electron chi connectivity index (χ3n) is 3.79. The van der Waals surface area contributed by atoms with Gasteiger partial charge >= 0.3 is 6.03 Å². The molecule has 0 bridgehead atoms. The van der Waals surface area contributed by atoms with Gasteiger partial charge < -0.3 is 4.90 Å². The first-order chi connectivity index (χ1) is 11.3. The van der Waals surface area contributed by atoms with Gasteiger partial charge in [0.15, 0.2) is 0 Å². The van der Waals surface area contributed by atoms with E-state index in [0.29, 0.717) is 15.5 Å². The number of carbonyl (C=O) groups is 3. The second kappa shape index (κ2) is 5.86. The van der Waals surface area contributed by atoms with Crippen LogP contribution in [-0.2, 0) is 9.59 Å². The van der Waals surface area contributed by atoms with Gasteiger partial charge in [-0.25, -0.2) is 14.1 Å². The molecule has 2 aliphatic heterocycles. The van der Waals surface area contributed by atoms with Crippen LogP contribution in [0.1, 0.15) is 6.92 Å². The number of urea groups is 1. The van der Waals surface area contributed by atoms with Crippen molar-refractivity contribution < 1.29 is 18.8 Å². The third-order valence-corrected chi connectivity index (χ3v) is 5.03. The maximum absolute atomic E-state index is 13.1. The minimum Gasteiger partial charge on any atom is -0.344 e. The highest BCUT2D eigenvalue weighted by Crippen LogP contribution is 2.42. The number of nitrogens with zero attached hydrogens (tertiary/aromatic N) is 3. The lowest BCUT2D eigenvalue weighted by atomic mass is 9.98. The molecule has 3 rings (SSSR count). The fraction of sp³-hybridized carbons (Fsp3) is 0.250. The van der Waals surface area contributed by atoms with E-state index in [2.05, 4.69) is 4.99 Å². The van der Waals surface area contributed by atoms with E-state index < -0.39 is 23.7 Å². The number of carbonyl (C=O) groups excluding carboxylic acids is 3. The number of rotatable bonds is 2. The highest BCUT2D eigenvalue weighted by Gasteiger charge is 2.45. The van der Waals surface area contributed by atoms with Crippen LogP contribution < -0.4 is 4.90 Å². The van der Waals surface area contributed by atoms with Crippen molar-refractivity contribution in [2.45, 2.75) is 6.92 Å². The topological polar surface area (TPSA) is 70.1 Å². The van der Waals surface area contributed by atoms with E-state index >= 15 is 0 Å². The molecule has 1 aromatic rings. The number of aliphatic imine (C=N–C) groups is 1. The summed E-state index contributed by atoms with van der Waals surface area (Å²) in [5, 5.41) is 0.311. The Kier molecular flexibility index (Phi) is 4.00. The Hall–Kier alpha value is -2.48. The van der Waals surface area contributed by atoms with Crippen LogP contribution in [-0.4, -0.2) is 41.9 Å². The number of anilines is 1. The van der Waals surface area contributed by atoms with Crippen LogP contribution in [0, 0.1) is 11.7 Å². The molecule has 124 valence electrons. The molecule has 2 aliphatic rings. The summed E-state index contributed by atoms with van der Waals surface area (Å²) in [7, 11) is 3.23. The van der Waals surface area contributed by atoms with Crippen molar-refractivity contribution in [2.24, 2.45) is 10.9 Å². The lowest BCUT2D eigenvalue weighted by Gasteiger charge is -2.26. The number of halogens is 1. The highest BCUT2D eigenvalue weighted by atomic mass is 32.2. The van der Waals surface area contributed by atoms with Crippen molar-refractivity contribution in [1.29, 1.82) is 0 Å². The van der Waals surface area contributed by atoms with E-state index in [0.717, 1.165) is 16.7 Å². The van der Waals surface area contributed by atoms with Crippen LogP contribution in [0.15, 0.2) is 39.7 Å². The van der Waals surface area contributed by atoms with Gasteiger partial charge in [0.05, 0.1) is 10.6 Å². The molecule has 0 saturated heterocycles. The second-order valence-electron chi connectivity index (χ2n) is 5.63. The fourth-order valence-electron chi connectivity index (χ4n) is 2.55. The predicted octanol–water partition coefficient (Wildman–Crippen LogP) is 2.42. The smallest absolute Gasteiger partial charge is 0.344 e. The van der Waals surface area contributed by atoms with Gasteiger partial charge in [0, 0.05) is 14.1 Å². The number of hydrogen-bond acceptors (Lipinski definition) is 4.